The standard InChI is InChI=1S/C19H22F2N2/c1-5-18(23(4)17-11-7-9-15(20)13-17)14-8-6-10-16(12-14)22-19(2,3)21/h5-13,22H,1-4H3/b18-5-. The second-order valence-electron chi connectivity index (χ2n) is 5.89. The highest BCUT2D eigenvalue weighted by Gasteiger charge is 2.15. The van der Waals surface area contributed by atoms with E-state index in [1.165, 1.54) is 26.0 Å². The van der Waals surface area contributed by atoms with Crippen LogP contribution in [0.15, 0.2) is 54.6 Å². The van der Waals surface area contributed by atoms with Crippen molar-refractivity contribution < 1.29 is 8.78 Å². The molecule has 0 saturated carbocycles. The van der Waals surface area contributed by atoms with Gasteiger partial charge in [-0.05, 0) is 56.7 Å². The summed E-state index contributed by atoms with van der Waals surface area (Å²) in [5.41, 5.74) is 3.29. The Kier molecular flexibility index (Phi) is 5.04. The molecule has 0 bridgehead atoms. The number of benzene rings is 2. The minimum Gasteiger partial charge on any atom is -0.354 e. The van der Waals surface area contributed by atoms with Crippen LogP contribution in [0.4, 0.5) is 20.2 Å². The Morgan fingerprint density at radius 3 is 2.43 bits per heavy atom. The molecule has 0 fully saturated rings. The van der Waals surface area contributed by atoms with Gasteiger partial charge < -0.3 is 10.2 Å². The Balaban J connectivity index is 2.33. The van der Waals surface area contributed by atoms with Gasteiger partial charge in [0.25, 0.3) is 0 Å². The fourth-order valence-electron chi connectivity index (χ4n) is 2.48. The van der Waals surface area contributed by atoms with Crippen molar-refractivity contribution in [3.05, 3.63) is 66.0 Å². The molecule has 0 aliphatic rings. The van der Waals surface area contributed by atoms with E-state index < -0.39 is 5.79 Å². The van der Waals surface area contributed by atoms with Gasteiger partial charge in [0, 0.05) is 24.1 Å². The molecule has 1 N–H and O–H groups in total. The highest BCUT2D eigenvalue weighted by Crippen LogP contribution is 2.27. The van der Waals surface area contributed by atoms with Crippen molar-refractivity contribution in [1.82, 2.24) is 0 Å². The fourth-order valence-corrected chi connectivity index (χ4v) is 2.48. The molecule has 0 spiro atoms. The predicted octanol–water partition coefficient (Wildman–Crippen LogP) is 5.44. The van der Waals surface area contributed by atoms with Crippen LogP contribution in [0.2, 0.25) is 0 Å². The molecule has 2 aromatic carbocycles. The number of nitrogens with zero attached hydrogens (tertiary/aromatic N) is 1. The van der Waals surface area contributed by atoms with Gasteiger partial charge in [0.1, 0.15) is 5.82 Å². The minimum atomic E-state index is -1.50. The first-order valence-electron chi connectivity index (χ1n) is 7.53. The summed E-state index contributed by atoms with van der Waals surface area (Å²) in [4.78, 5) is 1.91. The first kappa shape index (κ1) is 17.0. The SMILES string of the molecule is C/C=C(/c1cccc(NC(C)(C)F)c1)N(C)c1cccc(F)c1. The van der Waals surface area contributed by atoms with Gasteiger partial charge in [-0.1, -0.05) is 24.3 Å². The molecule has 23 heavy (non-hydrogen) atoms. The molecular weight excluding hydrogens is 294 g/mol. The van der Waals surface area contributed by atoms with E-state index in [4.69, 9.17) is 0 Å². The molecule has 0 radical (unpaired) electrons. The molecule has 4 heteroatoms. The summed E-state index contributed by atoms with van der Waals surface area (Å²) in [6.07, 6.45) is 1.95. The number of nitrogens with one attached hydrogen (secondary N) is 1. The first-order chi connectivity index (χ1) is 10.8. The number of hydrogen-bond donors (Lipinski definition) is 1. The number of allylic oxidation sites excluding steroid dienone is 1. The molecular formula is C19H22F2N2. The Morgan fingerprint density at radius 2 is 1.83 bits per heavy atom. The Morgan fingerprint density at radius 1 is 1.13 bits per heavy atom. The monoisotopic (exact) mass is 316 g/mol. The fraction of sp³-hybridized carbons (Fsp3) is 0.263. The minimum absolute atomic E-state index is 0.278. The third-order valence-electron chi connectivity index (χ3n) is 3.43. The van der Waals surface area contributed by atoms with Crippen LogP contribution in [0.3, 0.4) is 0 Å². The van der Waals surface area contributed by atoms with Crippen molar-refractivity contribution in [3.63, 3.8) is 0 Å². The van der Waals surface area contributed by atoms with Gasteiger partial charge in [0.2, 0.25) is 0 Å². The Hall–Kier alpha value is -2.36. The maximum atomic E-state index is 13.8. The zero-order valence-corrected chi connectivity index (χ0v) is 13.9. The summed E-state index contributed by atoms with van der Waals surface area (Å²) in [6.45, 7) is 4.86. The van der Waals surface area contributed by atoms with Crippen molar-refractivity contribution in [2.45, 2.75) is 26.6 Å². The zero-order valence-electron chi connectivity index (χ0n) is 13.9. The molecule has 0 heterocycles. The summed E-state index contributed by atoms with van der Waals surface area (Å²) >= 11 is 0. The second-order valence-corrected chi connectivity index (χ2v) is 5.89. The van der Waals surface area contributed by atoms with Crippen LogP contribution in [-0.2, 0) is 0 Å². The molecule has 0 unspecified atom stereocenters. The van der Waals surface area contributed by atoms with E-state index in [2.05, 4.69) is 5.32 Å². The lowest BCUT2D eigenvalue weighted by atomic mass is 10.1. The summed E-state index contributed by atoms with van der Waals surface area (Å²) in [5.74, 6) is -1.78. The van der Waals surface area contributed by atoms with E-state index in [-0.39, 0.29) is 5.82 Å². The van der Waals surface area contributed by atoms with Crippen LogP contribution in [-0.4, -0.2) is 12.8 Å². The van der Waals surface area contributed by atoms with E-state index in [0.717, 1.165) is 16.9 Å². The molecule has 122 valence electrons. The third-order valence-corrected chi connectivity index (χ3v) is 3.43. The van der Waals surface area contributed by atoms with Crippen LogP contribution in [0.25, 0.3) is 5.70 Å². The van der Waals surface area contributed by atoms with Crippen LogP contribution in [0.5, 0.6) is 0 Å². The number of hydrogen-bond acceptors (Lipinski definition) is 2. The van der Waals surface area contributed by atoms with Gasteiger partial charge in [0.05, 0.1) is 0 Å². The van der Waals surface area contributed by atoms with Gasteiger partial charge >= 0.3 is 0 Å². The summed E-state index contributed by atoms with van der Waals surface area (Å²) < 4.78 is 27.2. The van der Waals surface area contributed by atoms with Crippen LogP contribution in [0, 0.1) is 5.82 Å². The van der Waals surface area contributed by atoms with Crippen LogP contribution < -0.4 is 10.2 Å². The summed E-state index contributed by atoms with van der Waals surface area (Å²) in [7, 11) is 1.88. The Labute approximate surface area is 136 Å². The van der Waals surface area contributed by atoms with Crippen molar-refractivity contribution in [2.24, 2.45) is 0 Å². The third kappa shape index (κ3) is 4.55. The number of anilines is 2. The topological polar surface area (TPSA) is 15.3 Å². The molecule has 2 nitrogen and oxygen atoms in total. The first-order valence-corrected chi connectivity index (χ1v) is 7.53. The van der Waals surface area contributed by atoms with Gasteiger partial charge in [0.15, 0.2) is 5.79 Å². The van der Waals surface area contributed by atoms with Crippen molar-refractivity contribution in [3.8, 4) is 0 Å². The van der Waals surface area contributed by atoms with Gasteiger partial charge in [-0.15, -0.1) is 0 Å². The van der Waals surface area contributed by atoms with E-state index in [0.29, 0.717) is 5.69 Å². The van der Waals surface area contributed by atoms with Crippen molar-refractivity contribution >= 4 is 17.1 Å². The lowest BCUT2D eigenvalue weighted by Crippen LogP contribution is -2.24. The van der Waals surface area contributed by atoms with Gasteiger partial charge in [-0.3, -0.25) is 0 Å². The summed E-state index contributed by atoms with van der Waals surface area (Å²) in [5, 5.41) is 2.82. The number of halogens is 2. The van der Waals surface area contributed by atoms with Crippen LogP contribution >= 0.6 is 0 Å². The van der Waals surface area contributed by atoms with Crippen molar-refractivity contribution in [2.75, 3.05) is 17.3 Å². The summed E-state index contributed by atoms with van der Waals surface area (Å²) in [6, 6.07) is 13.9. The zero-order chi connectivity index (χ0) is 17.0. The molecule has 2 rings (SSSR count). The van der Waals surface area contributed by atoms with Gasteiger partial charge in [-0.2, -0.15) is 0 Å². The molecule has 0 amide bonds. The quantitative estimate of drug-likeness (QED) is 0.739. The van der Waals surface area contributed by atoms with E-state index in [9.17, 15) is 8.78 Å². The van der Waals surface area contributed by atoms with E-state index >= 15 is 0 Å². The average molecular weight is 316 g/mol. The van der Waals surface area contributed by atoms with E-state index in [1.807, 2.05) is 55.3 Å². The highest BCUT2D eigenvalue weighted by atomic mass is 19.1. The average Bonchev–Trinajstić information content (AvgIpc) is 2.46. The molecule has 2 aromatic rings. The molecule has 0 aliphatic carbocycles. The van der Waals surface area contributed by atoms with Crippen molar-refractivity contribution in [1.29, 1.82) is 0 Å². The van der Waals surface area contributed by atoms with E-state index in [1.54, 1.807) is 6.07 Å². The highest BCUT2D eigenvalue weighted by molar-refractivity contribution is 5.80. The number of rotatable bonds is 5. The van der Waals surface area contributed by atoms with Crippen LogP contribution in [0.1, 0.15) is 26.3 Å². The molecule has 0 saturated heterocycles. The largest absolute Gasteiger partial charge is 0.354 e. The van der Waals surface area contributed by atoms with Gasteiger partial charge in [-0.25, -0.2) is 8.78 Å². The number of alkyl halides is 1. The molecule has 0 aromatic heterocycles. The maximum absolute atomic E-state index is 13.8. The normalized spacial score (nSPS) is 12.2. The smallest absolute Gasteiger partial charge is 0.174 e. The maximum Gasteiger partial charge on any atom is 0.174 e. The Bertz CT molecular complexity index is 703. The lowest BCUT2D eigenvalue weighted by molar-refractivity contribution is 0.258. The molecule has 0 atom stereocenters. The second kappa shape index (κ2) is 6.82. The molecule has 0 aliphatic heterocycles. The predicted molar refractivity (Wildman–Crippen MR) is 93.7 cm³/mol. The lowest BCUT2D eigenvalue weighted by Gasteiger charge is -2.24.